The minimum Gasteiger partial charge on any atom is -0.476 e. The predicted molar refractivity (Wildman–Crippen MR) is 75.5 cm³/mol. The molecule has 8 nitrogen and oxygen atoms in total. The van der Waals surface area contributed by atoms with Gasteiger partial charge in [-0.2, -0.15) is 0 Å². The number of nitro groups is 1. The van der Waals surface area contributed by atoms with Crippen molar-refractivity contribution in [1.82, 2.24) is 9.55 Å². The lowest BCUT2D eigenvalue weighted by molar-refractivity contribution is -0.384. The number of carboxylic acids is 1. The van der Waals surface area contributed by atoms with Gasteiger partial charge >= 0.3 is 5.97 Å². The number of hydrogen-bond donors (Lipinski definition) is 2. The first-order valence-electron chi connectivity index (χ1n) is 6.21. The number of nitrogens with zero attached hydrogens (tertiary/aromatic N) is 3. The third-order valence-electron chi connectivity index (χ3n) is 2.82. The molecule has 0 atom stereocenters. The highest BCUT2D eigenvalue weighted by Crippen LogP contribution is 2.20. The Morgan fingerprint density at radius 2 is 2.24 bits per heavy atom. The number of hydrogen-bond acceptors (Lipinski definition) is 5. The maximum atomic E-state index is 10.8. The van der Waals surface area contributed by atoms with Gasteiger partial charge in [0.2, 0.25) is 0 Å². The molecule has 0 aliphatic heterocycles. The lowest BCUT2D eigenvalue weighted by atomic mass is 10.2. The van der Waals surface area contributed by atoms with Crippen LogP contribution in [0.1, 0.15) is 16.1 Å². The highest BCUT2D eigenvalue weighted by molar-refractivity contribution is 5.84. The summed E-state index contributed by atoms with van der Waals surface area (Å²) >= 11 is 0. The molecule has 2 N–H and O–H groups in total. The van der Waals surface area contributed by atoms with E-state index in [0.29, 0.717) is 18.8 Å². The second-order valence-electron chi connectivity index (χ2n) is 4.54. The van der Waals surface area contributed by atoms with Crippen LogP contribution >= 0.6 is 0 Å². The number of aromatic carboxylic acids is 1. The standard InChI is InChI=1S/C13H14N4O4/c1-9-4-10(6-11(5-9)17(20)21)14-2-3-16-7-12(13(18)19)15-8-16/h4-8,14H,2-3H2,1H3,(H,18,19). The lowest BCUT2D eigenvalue weighted by Crippen LogP contribution is -2.09. The number of anilines is 1. The van der Waals surface area contributed by atoms with E-state index in [0.717, 1.165) is 5.56 Å². The topological polar surface area (TPSA) is 110 Å². The first kappa shape index (κ1) is 14.5. The molecule has 0 amide bonds. The Bertz CT molecular complexity index is 681. The van der Waals surface area contributed by atoms with Gasteiger partial charge in [-0.3, -0.25) is 10.1 Å². The quantitative estimate of drug-likeness (QED) is 0.621. The van der Waals surface area contributed by atoms with E-state index in [4.69, 9.17) is 5.11 Å². The minimum atomic E-state index is -1.07. The van der Waals surface area contributed by atoms with Crippen molar-refractivity contribution < 1.29 is 14.8 Å². The second-order valence-corrected chi connectivity index (χ2v) is 4.54. The van der Waals surface area contributed by atoms with Crippen molar-refractivity contribution in [2.24, 2.45) is 0 Å². The maximum Gasteiger partial charge on any atom is 0.356 e. The molecular weight excluding hydrogens is 276 g/mol. The third-order valence-corrected chi connectivity index (χ3v) is 2.82. The van der Waals surface area contributed by atoms with Crippen LogP contribution in [-0.4, -0.2) is 32.1 Å². The number of carboxylic acid groups (broad SMARTS) is 1. The molecule has 2 rings (SSSR count). The molecule has 2 aromatic rings. The Balaban J connectivity index is 1.96. The van der Waals surface area contributed by atoms with Crippen molar-refractivity contribution in [1.29, 1.82) is 0 Å². The Labute approximate surface area is 120 Å². The van der Waals surface area contributed by atoms with Gasteiger partial charge in [0.15, 0.2) is 5.69 Å². The SMILES string of the molecule is Cc1cc(NCCn2cnc(C(=O)O)c2)cc([N+](=O)[O-])c1. The smallest absolute Gasteiger partial charge is 0.356 e. The summed E-state index contributed by atoms with van der Waals surface area (Å²) in [5.74, 6) is -1.07. The summed E-state index contributed by atoms with van der Waals surface area (Å²) < 4.78 is 1.64. The molecule has 0 aliphatic carbocycles. The lowest BCUT2D eigenvalue weighted by Gasteiger charge is -2.07. The summed E-state index contributed by atoms with van der Waals surface area (Å²) in [6.07, 6.45) is 2.87. The van der Waals surface area contributed by atoms with Crippen LogP contribution < -0.4 is 5.32 Å². The number of nitro benzene ring substituents is 1. The van der Waals surface area contributed by atoms with Gasteiger partial charge < -0.3 is 15.0 Å². The average molecular weight is 290 g/mol. The van der Waals surface area contributed by atoms with Crippen LogP contribution in [0.15, 0.2) is 30.7 Å². The summed E-state index contributed by atoms with van der Waals surface area (Å²) in [4.78, 5) is 24.8. The van der Waals surface area contributed by atoms with Crippen molar-refractivity contribution >= 4 is 17.3 Å². The number of aromatic nitrogens is 2. The summed E-state index contributed by atoms with van der Waals surface area (Å²) in [5, 5.41) is 22.6. The molecule has 0 bridgehead atoms. The molecule has 1 aromatic heterocycles. The van der Waals surface area contributed by atoms with Gasteiger partial charge in [-0.05, 0) is 18.6 Å². The molecule has 1 heterocycles. The Morgan fingerprint density at radius 1 is 1.48 bits per heavy atom. The summed E-state index contributed by atoms with van der Waals surface area (Å²) in [6, 6.07) is 4.77. The average Bonchev–Trinajstić information content (AvgIpc) is 2.87. The maximum absolute atomic E-state index is 10.8. The molecule has 0 spiro atoms. The number of non-ortho nitro benzene ring substituents is 1. The number of rotatable bonds is 6. The van der Waals surface area contributed by atoms with Crippen molar-refractivity contribution in [2.45, 2.75) is 13.5 Å². The van der Waals surface area contributed by atoms with Crippen molar-refractivity contribution in [2.75, 3.05) is 11.9 Å². The van der Waals surface area contributed by atoms with E-state index in [1.54, 1.807) is 11.5 Å². The van der Waals surface area contributed by atoms with Gasteiger partial charge in [0.05, 0.1) is 11.3 Å². The van der Waals surface area contributed by atoms with Crippen LogP contribution in [0.3, 0.4) is 0 Å². The molecule has 21 heavy (non-hydrogen) atoms. The zero-order valence-corrected chi connectivity index (χ0v) is 11.3. The Morgan fingerprint density at radius 3 is 2.86 bits per heavy atom. The van der Waals surface area contributed by atoms with E-state index in [1.807, 2.05) is 6.07 Å². The molecular formula is C13H14N4O4. The highest BCUT2D eigenvalue weighted by Gasteiger charge is 2.08. The molecule has 1 aromatic carbocycles. The monoisotopic (exact) mass is 290 g/mol. The van der Waals surface area contributed by atoms with Gasteiger partial charge in [0.1, 0.15) is 0 Å². The summed E-state index contributed by atoms with van der Waals surface area (Å²) in [5.41, 5.74) is 1.47. The molecule has 0 radical (unpaired) electrons. The molecule has 0 aliphatic rings. The van der Waals surface area contributed by atoms with Crippen molar-refractivity contribution in [3.8, 4) is 0 Å². The van der Waals surface area contributed by atoms with Crippen molar-refractivity contribution in [3.05, 3.63) is 52.1 Å². The van der Waals surface area contributed by atoms with Crippen LogP contribution in [0.25, 0.3) is 0 Å². The van der Waals surface area contributed by atoms with E-state index in [9.17, 15) is 14.9 Å². The highest BCUT2D eigenvalue weighted by atomic mass is 16.6. The largest absolute Gasteiger partial charge is 0.476 e. The van der Waals surface area contributed by atoms with Gasteiger partial charge in [0.25, 0.3) is 5.69 Å². The van der Waals surface area contributed by atoms with E-state index in [-0.39, 0.29) is 11.4 Å². The van der Waals surface area contributed by atoms with E-state index >= 15 is 0 Å². The number of nitrogens with one attached hydrogen (secondary N) is 1. The molecule has 0 saturated carbocycles. The minimum absolute atomic E-state index is 0.0128. The van der Waals surface area contributed by atoms with E-state index in [1.165, 1.54) is 24.7 Å². The number of aryl methyl sites for hydroxylation is 1. The van der Waals surface area contributed by atoms with Gasteiger partial charge in [-0.1, -0.05) is 0 Å². The molecule has 0 fully saturated rings. The fourth-order valence-electron chi connectivity index (χ4n) is 1.89. The van der Waals surface area contributed by atoms with E-state index < -0.39 is 10.9 Å². The van der Waals surface area contributed by atoms with Crippen LogP contribution in [0.5, 0.6) is 0 Å². The van der Waals surface area contributed by atoms with Crippen LogP contribution in [0.2, 0.25) is 0 Å². The molecule has 0 unspecified atom stereocenters. The number of carbonyl (C=O) groups is 1. The first-order chi connectivity index (χ1) is 9.95. The molecule has 8 heteroatoms. The zero-order chi connectivity index (χ0) is 15.4. The number of imidazole rings is 1. The van der Waals surface area contributed by atoms with Gasteiger partial charge in [-0.15, -0.1) is 0 Å². The Kier molecular flexibility index (Phi) is 4.17. The summed E-state index contributed by atoms with van der Waals surface area (Å²) in [6.45, 7) is 2.78. The summed E-state index contributed by atoms with van der Waals surface area (Å²) in [7, 11) is 0. The van der Waals surface area contributed by atoms with Crippen LogP contribution in [-0.2, 0) is 6.54 Å². The molecule has 110 valence electrons. The van der Waals surface area contributed by atoms with E-state index in [2.05, 4.69) is 10.3 Å². The van der Waals surface area contributed by atoms with Crippen LogP contribution in [0, 0.1) is 17.0 Å². The fourth-order valence-corrected chi connectivity index (χ4v) is 1.89. The Hall–Kier alpha value is -2.90. The first-order valence-corrected chi connectivity index (χ1v) is 6.21. The molecule has 0 saturated heterocycles. The fraction of sp³-hybridized carbons (Fsp3) is 0.231. The zero-order valence-electron chi connectivity index (χ0n) is 11.3. The second kappa shape index (κ2) is 6.04. The van der Waals surface area contributed by atoms with Gasteiger partial charge in [-0.25, -0.2) is 9.78 Å². The number of benzene rings is 1. The van der Waals surface area contributed by atoms with Crippen molar-refractivity contribution in [3.63, 3.8) is 0 Å². The normalized spacial score (nSPS) is 10.3. The van der Waals surface area contributed by atoms with Crippen LogP contribution in [0.4, 0.5) is 11.4 Å². The predicted octanol–water partition coefficient (Wildman–Crippen LogP) is 1.91. The third kappa shape index (κ3) is 3.78. The van der Waals surface area contributed by atoms with Gasteiger partial charge in [0, 0.05) is 37.1 Å².